The molecule has 1 unspecified atom stereocenters. The van der Waals surface area contributed by atoms with Gasteiger partial charge in [-0.25, -0.2) is 4.79 Å². The van der Waals surface area contributed by atoms with Crippen LogP contribution in [0.3, 0.4) is 0 Å². The van der Waals surface area contributed by atoms with Gasteiger partial charge < -0.3 is 14.9 Å². The second-order valence-electron chi connectivity index (χ2n) is 4.55. The van der Waals surface area contributed by atoms with E-state index in [4.69, 9.17) is 5.11 Å². The van der Waals surface area contributed by atoms with Crippen LogP contribution in [0.25, 0.3) is 0 Å². The summed E-state index contributed by atoms with van der Waals surface area (Å²) < 4.78 is 0. The average molecular weight is 268 g/mol. The smallest absolute Gasteiger partial charge is 0.345 e. The van der Waals surface area contributed by atoms with Crippen molar-refractivity contribution < 1.29 is 14.7 Å². The van der Waals surface area contributed by atoms with Gasteiger partial charge in [0.2, 0.25) is 0 Å². The Morgan fingerprint density at radius 3 is 2.56 bits per heavy atom. The predicted octanol–water partition coefficient (Wildman–Crippen LogP) is 1.22. The lowest BCUT2D eigenvalue weighted by Crippen LogP contribution is -2.51. The zero-order valence-corrected chi connectivity index (χ0v) is 11.2. The van der Waals surface area contributed by atoms with Crippen LogP contribution in [0.4, 0.5) is 0 Å². The summed E-state index contributed by atoms with van der Waals surface area (Å²) in [4.78, 5) is 27.7. The first-order valence-electron chi connectivity index (χ1n) is 5.81. The van der Waals surface area contributed by atoms with Gasteiger partial charge in [0, 0.05) is 25.7 Å². The second kappa shape index (κ2) is 5.07. The molecule has 0 aromatic carbocycles. The van der Waals surface area contributed by atoms with Crippen LogP contribution in [0, 0.1) is 0 Å². The van der Waals surface area contributed by atoms with Gasteiger partial charge in [-0.05, 0) is 26.1 Å². The number of rotatable bonds is 2. The normalized spacial score (nSPS) is 21.0. The lowest BCUT2D eigenvalue weighted by atomic mass is 10.2. The van der Waals surface area contributed by atoms with E-state index in [1.807, 2.05) is 7.05 Å². The van der Waals surface area contributed by atoms with E-state index < -0.39 is 5.97 Å². The minimum absolute atomic E-state index is 0.0625. The summed E-state index contributed by atoms with van der Waals surface area (Å²) in [7, 11) is 2.04. The molecule has 0 spiro atoms. The number of likely N-dealkylation sites (N-methyl/N-ethyl adjacent to an activating group) is 1. The molecule has 5 nitrogen and oxygen atoms in total. The molecule has 6 heteroatoms. The van der Waals surface area contributed by atoms with E-state index in [0.29, 0.717) is 24.0 Å². The number of piperazine rings is 1. The van der Waals surface area contributed by atoms with Gasteiger partial charge in [-0.2, -0.15) is 0 Å². The standard InChI is InChI=1S/C12H16N2O3S/c1-8-7-14(6-5-13(8)2)11(15)9-3-4-10(18-9)12(16)17/h3-4,8H,5-7H2,1-2H3,(H,16,17). The fraction of sp³-hybridized carbons (Fsp3) is 0.500. The maximum atomic E-state index is 12.2. The number of aromatic carboxylic acids is 1. The van der Waals surface area contributed by atoms with Crippen molar-refractivity contribution in [1.82, 2.24) is 9.80 Å². The summed E-state index contributed by atoms with van der Waals surface area (Å²) in [5.74, 6) is -1.04. The van der Waals surface area contributed by atoms with Gasteiger partial charge in [-0.1, -0.05) is 0 Å². The number of nitrogens with zero attached hydrogens (tertiary/aromatic N) is 2. The summed E-state index contributed by atoms with van der Waals surface area (Å²) in [6.07, 6.45) is 0. The van der Waals surface area contributed by atoms with E-state index in [1.54, 1.807) is 11.0 Å². The quantitative estimate of drug-likeness (QED) is 0.876. The Morgan fingerprint density at radius 2 is 2.00 bits per heavy atom. The lowest BCUT2D eigenvalue weighted by Gasteiger charge is -2.37. The molecule has 0 saturated carbocycles. The molecule has 1 aromatic rings. The summed E-state index contributed by atoms with van der Waals surface area (Å²) in [5.41, 5.74) is 0. The van der Waals surface area contributed by atoms with Crippen molar-refractivity contribution in [2.24, 2.45) is 0 Å². The van der Waals surface area contributed by atoms with Crippen LogP contribution in [-0.2, 0) is 0 Å². The maximum Gasteiger partial charge on any atom is 0.345 e. The van der Waals surface area contributed by atoms with Crippen LogP contribution in [0.15, 0.2) is 12.1 Å². The maximum absolute atomic E-state index is 12.2. The van der Waals surface area contributed by atoms with Crippen molar-refractivity contribution >= 4 is 23.2 Å². The number of carbonyl (C=O) groups excluding carboxylic acids is 1. The van der Waals surface area contributed by atoms with Crippen LogP contribution >= 0.6 is 11.3 Å². The third-order valence-corrected chi connectivity index (χ3v) is 4.34. The minimum atomic E-state index is -0.981. The summed E-state index contributed by atoms with van der Waals surface area (Å²) in [5, 5.41) is 8.85. The van der Waals surface area contributed by atoms with Gasteiger partial charge >= 0.3 is 5.97 Å². The fourth-order valence-electron chi connectivity index (χ4n) is 1.96. The number of hydrogen-bond acceptors (Lipinski definition) is 4. The Balaban J connectivity index is 2.09. The zero-order chi connectivity index (χ0) is 13.3. The average Bonchev–Trinajstić information content (AvgIpc) is 2.81. The first-order valence-corrected chi connectivity index (χ1v) is 6.63. The van der Waals surface area contributed by atoms with Gasteiger partial charge in [-0.15, -0.1) is 11.3 Å². The number of hydrogen-bond donors (Lipinski definition) is 1. The Kier molecular flexibility index (Phi) is 3.68. The van der Waals surface area contributed by atoms with Crippen molar-refractivity contribution in [2.45, 2.75) is 13.0 Å². The summed E-state index contributed by atoms with van der Waals surface area (Å²) >= 11 is 1.04. The molecule has 18 heavy (non-hydrogen) atoms. The van der Waals surface area contributed by atoms with Crippen LogP contribution < -0.4 is 0 Å². The van der Waals surface area contributed by atoms with Gasteiger partial charge in [0.1, 0.15) is 4.88 Å². The molecular formula is C12H16N2O3S. The van der Waals surface area contributed by atoms with Gasteiger partial charge in [-0.3, -0.25) is 4.79 Å². The van der Waals surface area contributed by atoms with Crippen molar-refractivity contribution in [1.29, 1.82) is 0 Å². The van der Waals surface area contributed by atoms with Crippen molar-refractivity contribution in [3.63, 3.8) is 0 Å². The molecule has 98 valence electrons. The van der Waals surface area contributed by atoms with Crippen LogP contribution in [0.5, 0.6) is 0 Å². The Labute approximate surface area is 110 Å². The number of carbonyl (C=O) groups is 2. The van der Waals surface area contributed by atoms with Crippen molar-refractivity contribution in [3.8, 4) is 0 Å². The molecule has 0 aliphatic carbocycles. The molecule has 1 N–H and O–H groups in total. The highest BCUT2D eigenvalue weighted by Gasteiger charge is 2.26. The second-order valence-corrected chi connectivity index (χ2v) is 5.63. The molecule has 1 aliphatic heterocycles. The predicted molar refractivity (Wildman–Crippen MR) is 69.3 cm³/mol. The van der Waals surface area contributed by atoms with Gasteiger partial charge in [0.25, 0.3) is 5.91 Å². The Morgan fingerprint density at radius 1 is 1.33 bits per heavy atom. The molecular weight excluding hydrogens is 252 g/mol. The molecule has 1 aliphatic rings. The number of thiophene rings is 1. The van der Waals surface area contributed by atoms with Crippen molar-refractivity contribution in [3.05, 3.63) is 21.9 Å². The van der Waals surface area contributed by atoms with Crippen molar-refractivity contribution in [2.75, 3.05) is 26.7 Å². The van der Waals surface area contributed by atoms with E-state index in [-0.39, 0.29) is 10.8 Å². The zero-order valence-electron chi connectivity index (χ0n) is 10.4. The van der Waals surface area contributed by atoms with E-state index in [2.05, 4.69) is 11.8 Å². The van der Waals surface area contributed by atoms with E-state index in [0.717, 1.165) is 17.9 Å². The third kappa shape index (κ3) is 2.54. The van der Waals surface area contributed by atoms with Crippen LogP contribution in [0.2, 0.25) is 0 Å². The highest BCUT2D eigenvalue weighted by molar-refractivity contribution is 7.15. The molecule has 1 aromatic heterocycles. The first kappa shape index (κ1) is 13.0. The van der Waals surface area contributed by atoms with E-state index >= 15 is 0 Å². The number of carboxylic acids is 1. The minimum Gasteiger partial charge on any atom is -0.477 e. The van der Waals surface area contributed by atoms with E-state index in [1.165, 1.54) is 6.07 Å². The molecule has 2 heterocycles. The Hall–Kier alpha value is -1.40. The number of carboxylic acid groups (broad SMARTS) is 1. The fourth-order valence-corrected chi connectivity index (χ4v) is 2.77. The highest BCUT2D eigenvalue weighted by atomic mass is 32.1. The highest BCUT2D eigenvalue weighted by Crippen LogP contribution is 2.20. The van der Waals surface area contributed by atoms with Crippen LogP contribution in [0.1, 0.15) is 26.3 Å². The monoisotopic (exact) mass is 268 g/mol. The topological polar surface area (TPSA) is 60.9 Å². The summed E-state index contributed by atoms with van der Waals surface area (Å²) in [6, 6.07) is 3.42. The number of amides is 1. The van der Waals surface area contributed by atoms with Crippen LogP contribution in [-0.4, -0.2) is 59.5 Å². The molecule has 1 saturated heterocycles. The first-order chi connectivity index (χ1) is 8.49. The molecule has 0 bridgehead atoms. The summed E-state index contributed by atoms with van der Waals surface area (Å²) in [6.45, 7) is 4.32. The molecule has 1 amide bonds. The SMILES string of the molecule is CC1CN(C(=O)c2ccc(C(=O)O)s2)CCN1C. The molecule has 2 rings (SSSR count). The largest absolute Gasteiger partial charge is 0.477 e. The lowest BCUT2D eigenvalue weighted by molar-refractivity contribution is 0.0577. The van der Waals surface area contributed by atoms with Gasteiger partial charge in [0.15, 0.2) is 0 Å². The van der Waals surface area contributed by atoms with E-state index in [9.17, 15) is 9.59 Å². The van der Waals surface area contributed by atoms with Gasteiger partial charge in [0.05, 0.1) is 4.88 Å². The molecule has 0 radical (unpaired) electrons. The molecule has 1 atom stereocenters. The molecule has 1 fully saturated rings. The Bertz CT molecular complexity index is 472. The third-order valence-electron chi connectivity index (χ3n) is 3.27.